The molecule has 0 radical (unpaired) electrons. The zero-order valence-electron chi connectivity index (χ0n) is 9.43. The van der Waals surface area contributed by atoms with Crippen molar-refractivity contribution in [2.24, 2.45) is 5.73 Å². The van der Waals surface area contributed by atoms with Gasteiger partial charge in [0.1, 0.15) is 6.61 Å². The first-order chi connectivity index (χ1) is 8.19. The summed E-state index contributed by atoms with van der Waals surface area (Å²) in [7, 11) is 0. The summed E-state index contributed by atoms with van der Waals surface area (Å²) in [6, 6.07) is 7.95. The smallest absolute Gasteiger partial charge is 0.248 e. The number of nitrogens with zero attached hydrogens (tertiary/aromatic N) is 1. The molecule has 1 aliphatic heterocycles. The number of amides is 1. The summed E-state index contributed by atoms with van der Waals surface area (Å²) in [5, 5.41) is 0. The van der Waals surface area contributed by atoms with Crippen LogP contribution in [0.25, 0.3) is 0 Å². The standard InChI is InChI=1S/C12H15BrN2O2/c13-10-3-1-9(2-4-10)6-15-7-11(5-14)17-8-12(15)16/h1-4,11H,5-8,14H2. The van der Waals surface area contributed by atoms with Crippen LogP contribution in [0, 0.1) is 0 Å². The van der Waals surface area contributed by atoms with Crippen molar-refractivity contribution < 1.29 is 9.53 Å². The molecule has 0 saturated carbocycles. The van der Waals surface area contributed by atoms with Crippen molar-refractivity contribution >= 4 is 21.8 Å². The van der Waals surface area contributed by atoms with Crippen LogP contribution >= 0.6 is 15.9 Å². The molecule has 1 atom stereocenters. The third-order valence-corrected chi connectivity index (χ3v) is 3.30. The van der Waals surface area contributed by atoms with Gasteiger partial charge in [0, 0.05) is 24.1 Å². The molecule has 1 aliphatic rings. The number of rotatable bonds is 3. The van der Waals surface area contributed by atoms with E-state index in [0.29, 0.717) is 19.6 Å². The van der Waals surface area contributed by atoms with Gasteiger partial charge >= 0.3 is 0 Å². The largest absolute Gasteiger partial charge is 0.365 e. The molecule has 5 heteroatoms. The molecule has 1 heterocycles. The van der Waals surface area contributed by atoms with Gasteiger partial charge in [-0.15, -0.1) is 0 Å². The molecule has 2 N–H and O–H groups in total. The zero-order valence-corrected chi connectivity index (χ0v) is 11.0. The summed E-state index contributed by atoms with van der Waals surface area (Å²) >= 11 is 3.39. The van der Waals surface area contributed by atoms with Crippen LogP contribution in [-0.2, 0) is 16.1 Å². The van der Waals surface area contributed by atoms with E-state index in [-0.39, 0.29) is 18.6 Å². The van der Waals surface area contributed by atoms with E-state index in [0.717, 1.165) is 10.0 Å². The fraction of sp³-hybridized carbons (Fsp3) is 0.417. The van der Waals surface area contributed by atoms with Gasteiger partial charge in [-0.3, -0.25) is 4.79 Å². The molecule has 0 spiro atoms. The van der Waals surface area contributed by atoms with Crippen LogP contribution in [0.15, 0.2) is 28.7 Å². The average Bonchev–Trinajstić information content (AvgIpc) is 2.35. The molecular formula is C12H15BrN2O2. The monoisotopic (exact) mass is 298 g/mol. The highest BCUT2D eigenvalue weighted by molar-refractivity contribution is 9.10. The Morgan fingerprint density at radius 1 is 1.41 bits per heavy atom. The van der Waals surface area contributed by atoms with Crippen LogP contribution in [-0.4, -0.2) is 36.6 Å². The molecule has 0 bridgehead atoms. The fourth-order valence-electron chi connectivity index (χ4n) is 1.79. The highest BCUT2D eigenvalue weighted by Gasteiger charge is 2.25. The molecule has 1 aromatic carbocycles. The number of nitrogens with two attached hydrogens (primary N) is 1. The van der Waals surface area contributed by atoms with E-state index in [1.807, 2.05) is 24.3 Å². The number of hydrogen-bond acceptors (Lipinski definition) is 3. The minimum Gasteiger partial charge on any atom is -0.365 e. The van der Waals surface area contributed by atoms with E-state index >= 15 is 0 Å². The van der Waals surface area contributed by atoms with E-state index in [2.05, 4.69) is 15.9 Å². The van der Waals surface area contributed by atoms with Crippen molar-refractivity contribution in [1.82, 2.24) is 4.90 Å². The minimum absolute atomic E-state index is 0.0256. The molecule has 4 nitrogen and oxygen atoms in total. The second-order valence-corrected chi connectivity index (χ2v) is 4.99. The molecule has 1 unspecified atom stereocenters. The maximum absolute atomic E-state index is 11.7. The van der Waals surface area contributed by atoms with E-state index in [1.54, 1.807) is 4.90 Å². The van der Waals surface area contributed by atoms with Crippen LogP contribution in [0.4, 0.5) is 0 Å². The van der Waals surface area contributed by atoms with Crippen LogP contribution in [0.2, 0.25) is 0 Å². The summed E-state index contributed by atoms with van der Waals surface area (Å²) < 4.78 is 6.34. The lowest BCUT2D eigenvalue weighted by molar-refractivity contribution is -0.149. The Balaban J connectivity index is 2.01. The lowest BCUT2D eigenvalue weighted by atomic mass is 10.2. The predicted molar refractivity (Wildman–Crippen MR) is 68.4 cm³/mol. The van der Waals surface area contributed by atoms with Gasteiger partial charge in [-0.2, -0.15) is 0 Å². The van der Waals surface area contributed by atoms with Crippen molar-refractivity contribution in [1.29, 1.82) is 0 Å². The summed E-state index contributed by atoms with van der Waals surface area (Å²) in [5.74, 6) is 0.0256. The average molecular weight is 299 g/mol. The maximum atomic E-state index is 11.7. The van der Waals surface area contributed by atoms with E-state index in [9.17, 15) is 4.79 Å². The van der Waals surface area contributed by atoms with Gasteiger partial charge in [-0.25, -0.2) is 0 Å². The van der Waals surface area contributed by atoms with Crippen molar-refractivity contribution in [2.75, 3.05) is 19.7 Å². The Morgan fingerprint density at radius 3 is 2.76 bits per heavy atom. The summed E-state index contributed by atoms with van der Waals surface area (Å²) in [4.78, 5) is 13.5. The number of carbonyl (C=O) groups excluding carboxylic acids is 1. The number of halogens is 1. The predicted octanol–water partition coefficient (Wildman–Crippen LogP) is 1.14. The molecular weight excluding hydrogens is 284 g/mol. The van der Waals surface area contributed by atoms with Crippen LogP contribution in [0.1, 0.15) is 5.56 Å². The van der Waals surface area contributed by atoms with Crippen molar-refractivity contribution in [3.63, 3.8) is 0 Å². The van der Waals surface area contributed by atoms with Crippen molar-refractivity contribution in [3.05, 3.63) is 34.3 Å². The number of hydrogen-bond donors (Lipinski definition) is 1. The van der Waals surface area contributed by atoms with Gasteiger partial charge < -0.3 is 15.4 Å². The third-order valence-electron chi connectivity index (χ3n) is 2.77. The Kier molecular flexibility index (Phi) is 4.15. The van der Waals surface area contributed by atoms with E-state index < -0.39 is 0 Å². The molecule has 0 aromatic heterocycles. The molecule has 1 amide bonds. The second-order valence-electron chi connectivity index (χ2n) is 4.07. The maximum Gasteiger partial charge on any atom is 0.248 e. The highest BCUT2D eigenvalue weighted by atomic mass is 79.9. The Labute approximate surface area is 109 Å². The Hall–Kier alpha value is -0.910. The van der Waals surface area contributed by atoms with Crippen molar-refractivity contribution in [3.8, 4) is 0 Å². The van der Waals surface area contributed by atoms with Crippen LogP contribution < -0.4 is 5.73 Å². The zero-order chi connectivity index (χ0) is 12.3. The van der Waals surface area contributed by atoms with Crippen LogP contribution in [0.5, 0.6) is 0 Å². The molecule has 0 aliphatic carbocycles. The highest BCUT2D eigenvalue weighted by Crippen LogP contribution is 2.14. The quantitative estimate of drug-likeness (QED) is 0.910. The summed E-state index contributed by atoms with van der Waals surface area (Å²) in [6.07, 6.45) is -0.0388. The van der Waals surface area contributed by atoms with Crippen molar-refractivity contribution in [2.45, 2.75) is 12.6 Å². The Bertz CT molecular complexity index is 394. The lowest BCUT2D eigenvalue weighted by Crippen LogP contribution is -2.48. The molecule has 17 heavy (non-hydrogen) atoms. The normalized spacial score (nSPS) is 20.7. The molecule has 2 rings (SSSR count). The van der Waals surface area contributed by atoms with Crippen LogP contribution in [0.3, 0.4) is 0 Å². The lowest BCUT2D eigenvalue weighted by Gasteiger charge is -2.32. The van der Waals surface area contributed by atoms with Gasteiger partial charge in [-0.05, 0) is 17.7 Å². The van der Waals surface area contributed by atoms with Gasteiger partial charge in [0.2, 0.25) is 5.91 Å². The van der Waals surface area contributed by atoms with Gasteiger partial charge in [0.05, 0.1) is 6.10 Å². The van der Waals surface area contributed by atoms with Gasteiger partial charge in [0.15, 0.2) is 0 Å². The van der Waals surface area contributed by atoms with Gasteiger partial charge in [-0.1, -0.05) is 28.1 Å². The summed E-state index contributed by atoms with van der Waals surface area (Å²) in [5.41, 5.74) is 6.67. The second kappa shape index (κ2) is 5.62. The number of ether oxygens (including phenoxy) is 1. The number of morpholine rings is 1. The first-order valence-electron chi connectivity index (χ1n) is 5.53. The fourth-order valence-corrected chi connectivity index (χ4v) is 2.05. The number of carbonyl (C=O) groups is 1. The Morgan fingerprint density at radius 2 is 2.12 bits per heavy atom. The van der Waals surface area contributed by atoms with Gasteiger partial charge in [0.25, 0.3) is 0 Å². The number of benzene rings is 1. The van der Waals surface area contributed by atoms with E-state index in [4.69, 9.17) is 10.5 Å². The first-order valence-corrected chi connectivity index (χ1v) is 6.32. The molecule has 92 valence electrons. The molecule has 1 aromatic rings. The topological polar surface area (TPSA) is 55.6 Å². The summed E-state index contributed by atoms with van der Waals surface area (Å²) in [6.45, 7) is 1.78. The SMILES string of the molecule is NCC1CN(Cc2ccc(Br)cc2)C(=O)CO1. The first kappa shape index (κ1) is 12.5. The minimum atomic E-state index is -0.0388. The third kappa shape index (κ3) is 3.28. The molecule has 1 fully saturated rings. The molecule has 1 saturated heterocycles. The van der Waals surface area contributed by atoms with E-state index in [1.165, 1.54) is 0 Å².